The average molecular weight is 1130 g/mol. The second kappa shape index (κ2) is 57.9. The minimum atomic E-state index is -1.58. The monoisotopic (exact) mass is 1130 g/mol. The lowest BCUT2D eigenvalue weighted by Crippen LogP contribution is -2.60. The van der Waals surface area contributed by atoms with E-state index in [0.717, 1.165) is 70.6 Å². The van der Waals surface area contributed by atoms with Gasteiger partial charge >= 0.3 is 5.97 Å². The molecule has 1 aliphatic heterocycles. The van der Waals surface area contributed by atoms with Crippen molar-refractivity contribution in [3.8, 4) is 0 Å². The number of carbonyl (C=O) groups is 2. The molecule has 0 aromatic carbocycles. The van der Waals surface area contributed by atoms with Crippen molar-refractivity contribution in [1.82, 2.24) is 5.32 Å². The van der Waals surface area contributed by atoms with Crippen LogP contribution in [-0.2, 0) is 23.8 Å². The van der Waals surface area contributed by atoms with E-state index in [9.17, 15) is 35.1 Å². The molecule has 0 aliphatic carbocycles. The lowest BCUT2D eigenvalue weighted by molar-refractivity contribution is -0.302. The zero-order valence-corrected chi connectivity index (χ0v) is 51.3. The molecule has 0 aromatic rings. The molecule has 0 aromatic heterocycles. The van der Waals surface area contributed by atoms with E-state index in [1.54, 1.807) is 6.08 Å². The number of amides is 1. The fourth-order valence-electron chi connectivity index (χ4n) is 10.1. The van der Waals surface area contributed by atoms with Gasteiger partial charge in [0.05, 0.1) is 32.0 Å². The predicted octanol–water partition coefficient (Wildman–Crippen LogP) is 16.3. The maximum atomic E-state index is 13.0. The van der Waals surface area contributed by atoms with E-state index in [-0.39, 0.29) is 18.5 Å². The molecule has 464 valence electrons. The molecular weight excluding hydrogens is 1000 g/mol. The molecule has 1 amide bonds. The highest BCUT2D eigenvalue weighted by Crippen LogP contribution is 2.23. The number of ether oxygens (including phenoxy) is 3. The van der Waals surface area contributed by atoms with Gasteiger partial charge in [-0.25, -0.2) is 0 Å². The number of hydrogen-bond acceptors (Lipinski definition) is 10. The summed E-state index contributed by atoms with van der Waals surface area (Å²) in [5, 5.41) is 54.2. The Morgan fingerprint density at radius 2 is 0.900 bits per heavy atom. The molecule has 80 heavy (non-hydrogen) atoms. The quantitative estimate of drug-likeness (QED) is 0.0195. The zero-order valence-electron chi connectivity index (χ0n) is 51.3. The first-order chi connectivity index (χ1) is 39.2. The zero-order chi connectivity index (χ0) is 58.0. The summed E-state index contributed by atoms with van der Waals surface area (Å²) < 4.78 is 16.7. The van der Waals surface area contributed by atoms with E-state index in [0.29, 0.717) is 19.4 Å². The molecule has 1 aliphatic rings. The Bertz CT molecular complexity index is 1560. The Balaban J connectivity index is 1.95. The molecule has 11 heteroatoms. The molecule has 0 bridgehead atoms. The summed E-state index contributed by atoms with van der Waals surface area (Å²) in [5.74, 6) is -0.206. The summed E-state index contributed by atoms with van der Waals surface area (Å²) in [7, 11) is 0. The summed E-state index contributed by atoms with van der Waals surface area (Å²) in [5.41, 5.74) is 0. The average Bonchev–Trinajstić information content (AvgIpc) is 3.46. The standard InChI is InChI=1S/C69H123NO10/c1-3-5-7-9-11-13-14-37-41-45-49-53-57-65(74)78-58-54-50-46-42-38-35-33-31-29-27-25-23-21-19-17-15-16-18-20-22-24-26-28-30-32-34-36-40-44-48-52-56-64(73)70-61(62(72)55-51-47-43-39-12-10-8-6-4-2)60-79-69-68(77)67(76)66(75)63(59-71)80-69/h4,6,11-13,17,19,23,25,39,51,55,61-63,66-69,71-72,75-77H,3,5,7-10,14-16,18,20-22,24,26-38,40-50,52-54,56-60H2,1-2H3,(H,70,73)/b6-4+,13-11-,19-17-,25-23-,39-12+,55-51+. The van der Waals surface area contributed by atoms with Gasteiger partial charge in [0.1, 0.15) is 24.4 Å². The lowest BCUT2D eigenvalue weighted by atomic mass is 9.99. The van der Waals surface area contributed by atoms with E-state index in [4.69, 9.17) is 14.2 Å². The first-order valence-corrected chi connectivity index (χ1v) is 33.2. The maximum Gasteiger partial charge on any atom is 0.305 e. The number of aliphatic hydroxyl groups excluding tert-OH is 5. The van der Waals surface area contributed by atoms with Gasteiger partial charge in [-0.1, -0.05) is 240 Å². The third kappa shape index (κ3) is 46.6. The molecule has 0 spiro atoms. The number of carbonyl (C=O) groups excluding carboxylic acids is 2. The summed E-state index contributed by atoms with van der Waals surface area (Å²) in [6.07, 6.45) is 67.8. The minimum absolute atomic E-state index is 0.00609. The number of hydrogen-bond donors (Lipinski definition) is 6. The van der Waals surface area contributed by atoms with Crippen LogP contribution < -0.4 is 5.32 Å². The van der Waals surface area contributed by atoms with Crippen molar-refractivity contribution in [3.05, 3.63) is 72.9 Å². The largest absolute Gasteiger partial charge is 0.466 e. The molecule has 0 saturated carbocycles. The second-order valence-electron chi connectivity index (χ2n) is 22.8. The third-order valence-electron chi connectivity index (χ3n) is 15.3. The van der Waals surface area contributed by atoms with Crippen LogP contribution in [0.25, 0.3) is 0 Å². The van der Waals surface area contributed by atoms with Gasteiger partial charge in [0.2, 0.25) is 5.91 Å². The molecule has 7 unspecified atom stereocenters. The Morgan fingerprint density at radius 3 is 1.39 bits per heavy atom. The van der Waals surface area contributed by atoms with Crippen LogP contribution in [0.5, 0.6) is 0 Å². The van der Waals surface area contributed by atoms with Crippen molar-refractivity contribution in [1.29, 1.82) is 0 Å². The van der Waals surface area contributed by atoms with Crippen molar-refractivity contribution in [2.75, 3.05) is 19.8 Å². The molecule has 1 rings (SSSR count). The number of esters is 1. The number of allylic oxidation sites excluding steroid dienone is 11. The van der Waals surface area contributed by atoms with E-state index >= 15 is 0 Å². The van der Waals surface area contributed by atoms with E-state index in [1.807, 2.05) is 19.1 Å². The maximum absolute atomic E-state index is 13.0. The fraction of sp³-hybridized carbons (Fsp3) is 0.797. The highest BCUT2D eigenvalue weighted by atomic mass is 16.7. The van der Waals surface area contributed by atoms with E-state index < -0.39 is 49.5 Å². The van der Waals surface area contributed by atoms with Gasteiger partial charge in [-0.2, -0.15) is 0 Å². The summed E-state index contributed by atoms with van der Waals surface area (Å²) in [6, 6.07) is -0.834. The van der Waals surface area contributed by atoms with E-state index in [1.165, 1.54) is 193 Å². The van der Waals surface area contributed by atoms with Gasteiger partial charge in [-0.15, -0.1) is 0 Å². The van der Waals surface area contributed by atoms with Gasteiger partial charge in [0, 0.05) is 12.8 Å². The fourth-order valence-corrected chi connectivity index (χ4v) is 10.1. The Morgan fingerprint density at radius 1 is 0.487 bits per heavy atom. The number of rotatable bonds is 57. The molecule has 1 saturated heterocycles. The first-order valence-electron chi connectivity index (χ1n) is 33.2. The van der Waals surface area contributed by atoms with Crippen molar-refractivity contribution in [3.63, 3.8) is 0 Å². The minimum Gasteiger partial charge on any atom is -0.466 e. The van der Waals surface area contributed by atoms with Gasteiger partial charge in [0.15, 0.2) is 6.29 Å². The normalized spacial score (nSPS) is 18.8. The highest BCUT2D eigenvalue weighted by molar-refractivity contribution is 5.76. The highest BCUT2D eigenvalue weighted by Gasteiger charge is 2.44. The number of nitrogens with one attached hydrogen (secondary N) is 1. The van der Waals surface area contributed by atoms with Crippen LogP contribution in [0.3, 0.4) is 0 Å². The van der Waals surface area contributed by atoms with Gasteiger partial charge in [-0.05, 0) is 110 Å². The first kappa shape index (κ1) is 75.1. The summed E-state index contributed by atoms with van der Waals surface area (Å²) >= 11 is 0. The Labute approximate surface area is 490 Å². The van der Waals surface area contributed by atoms with Crippen molar-refractivity contribution >= 4 is 11.9 Å². The smallest absolute Gasteiger partial charge is 0.305 e. The second-order valence-corrected chi connectivity index (χ2v) is 22.8. The molecule has 11 nitrogen and oxygen atoms in total. The van der Waals surface area contributed by atoms with Crippen molar-refractivity contribution in [2.45, 2.75) is 333 Å². The topological polar surface area (TPSA) is 175 Å². The van der Waals surface area contributed by atoms with Crippen molar-refractivity contribution in [2.24, 2.45) is 0 Å². The van der Waals surface area contributed by atoms with Gasteiger partial charge < -0.3 is 45.1 Å². The number of unbranched alkanes of at least 4 members (excludes halogenated alkanes) is 34. The van der Waals surface area contributed by atoms with E-state index in [2.05, 4.69) is 66.9 Å². The molecular formula is C69H123NO10. The third-order valence-corrected chi connectivity index (χ3v) is 15.3. The van der Waals surface area contributed by atoms with Crippen LogP contribution in [0.2, 0.25) is 0 Å². The Hall–Kier alpha value is -2.90. The van der Waals surface area contributed by atoms with Gasteiger partial charge in [0.25, 0.3) is 0 Å². The Kier molecular flexibility index (Phi) is 54.4. The van der Waals surface area contributed by atoms with Crippen LogP contribution >= 0.6 is 0 Å². The van der Waals surface area contributed by atoms with Gasteiger partial charge in [-0.3, -0.25) is 9.59 Å². The summed E-state index contributed by atoms with van der Waals surface area (Å²) in [4.78, 5) is 25.0. The van der Waals surface area contributed by atoms with Crippen LogP contribution in [0, 0.1) is 0 Å². The van der Waals surface area contributed by atoms with Crippen LogP contribution in [0.1, 0.15) is 290 Å². The molecule has 1 heterocycles. The summed E-state index contributed by atoms with van der Waals surface area (Å²) in [6.45, 7) is 4.07. The molecule has 1 fully saturated rings. The SMILES string of the molecule is C/C=C/CC/C=C/CC/C=C/C(O)C(COC1OC(CO)C(O)C(O)C1O)NC(=O)CCCCCCCCCCCCCCCCC/C=C\C/C=C\CCCCCCCCCCCOC(=O)CCCCCCC/C=C\CCCCC. The van der Waals surface area contributed by atoms with Crippen LogP contribution in [0.15, 0.2) is 72.9 Å². The number of aliphatic hydroxyl groups is 5. The predicted molar refractivity (Wildman–Crippen MR) is 333 cm³/mol. The molecule has 0 radical (unpaired) electrons. The van der Waals surface area contributed by atoms with Crippen molar-refractivity contribution < 1.29 is 49.3 Å². The molecule has 7 atom stereocenters. The van der Waals surface area contributed by atoms with Crippen LogP contribution in [-0.4, -0.2) is 100 Å². The van der Waals surface area contributed by atoms with Crippen LogP contribution in [0.4, 0.5) is 0 Å². The molecule has 6 N–H and O–H groups in total. The lowest BCUT2D eigenvalue weighted by Gasteiger charge is -2.40.